The third-order valence-corrected chi connectivity index (χ3v) is 7.43. The van der Waals surface area contributed by atoms with Crippen molar-refractivity contribution in [1.82, 2.24) is 25.0 Å². The Bertz CT molecular complexity index is 1320. The van der Waals surface area contributed by atoms with Gasteiger partial charge in [-0.1, -0.05) is 13.8 Å². The molecule has 2 fully saturated rings. The lowest BCUT2D eigenvalue weighted by atomic mass is 9.96. The van der Waals surface area contributed by atoms with Gasteiger partial charge in [0.2, 0.25) is 5.91 Å². The maximum atomic E-state index is 12.9. The number of nitrogens with zero attached hydrogens (tertiary/aromatic N) is 4. The van der Waals surface area contributed by atoms with Gasteiger partial charge in [-0.2, -0.15) is 5.10 Å². The summed E-state index contributed by atoms with van der Waals surface area (Å²) in [6.45, 7) is 8.62. The van der Waals surface area contributed by atoms with Crippen LogP contribution in [0.5, 0.6) is 11.5 Å². The number of aromatic amines is 1. The van der Waals surface area contributed by atoms with Crippen molar-refractivity contribution >= 4 is 11.6 Å². The molecule has 0 saturated carbocycles. The van der Waals surface area contributed by atoms with Crippen molar-refractivity contribution in [3.8, 4) is 28.6 Å². The molecule has 5 rings (SSSR count). The molecule has 196 valence electrons. The minimum Gasteiger partial charge on any atom is -0.508 e. The number of carbonyl (C=O) groups excluding carboxylic acids is 1. The van der Waals surface area contributed by atoms with Crippen molar-refractivity contribution in [2.75, 3.05) is 44.2 Å². The zero-order chi connectivity index (χ0) is 26.1. The number of hydrogen-bond donors (Lipinski definition) is 4. The predicted octanol–water partition coefficient (Wildman–Crippen LogP) is 2.41. The maximum absolute atomic E-state index is 12.9. The lowest BCUT2D eigenvalue weighted by Crippen LogP contribution is -2.51. The van der Waals surface area contributed by atoms with Crippen LogP contribution in [0, 0.1) is 5.92 Å². The van der Waals surface area contributed by atoms with E-state index in [1.54, 1.807) is 6.07 Å². The highest BCUT2D eigenvalue weighted by Gasteiger charge is 2.28. The third kappa shape index (κ3) is 4.93. The van der Waals surface area contributed by atoms with Crippen LogP contribution in [0.2, 0.25) is 0 Å². The number of piperidine rings is 1. The summed E-state index contributed by atoms with van der Waals surface area (Å²) in [5.74, 6) is 0.550. The van der Waals surface area contributed by atoms with Crippen molar-refractivity contribution in [1.29, 1.82) is 0 Å². The SMILES string of the molecule is CC(C)c1cc(-c2n[nH]c(=O)n2-c2ccc(N3CCN(C(=O)C4CCNCC4)CC3)cc2)c(O)cc1O. The van der Waals surface area contributed by atoms with Gasteiger partial charge < -0.3 is 25.3 Å². The Morgan fingerprint density at radius 3 is 2.27 bits per heavy atom. The summed E-state index contributed by atoms with van der Waals surface area (Å²) in [5.41, 5.74) is 2.22. The fourth-order valence-electron chi connectivity index (χ4n) is 5.28. The van der Waals surface area contributed by atoms with Gasteiger partial charge in [0.05, 0.1) is 11.3 Å². The topological polar surface area (TPSA) is 127 Å². The summed E-state index contributed by atoms with van der Waals surface area (Å²) < 4.78 is 1.41. The van der Waals surface area contributed by atoms with E-state index < -0.39 is 5.69 Å². The quantitative estimate of drug-likeness (QED) is 0.419. The second kappa shape index (κ2) is 10.3. The molecule has 4 N–H and O–H groups in total. The van der Waals surface area contributed by atoms with Crippen LogP contribution in [0.3, 0.4) is 0 Å². The van der Waals surface area contributed by atoms with Crippen molar-refractivity contribution in [2.45, 2.75) is 32.6 Å². The molecule has 1 aromatic heterocycles. The number of rotatable bonds is 5. The zero-order valence-electron chi connectivity index (χ0n) is 21.3. The van der Waals surface area contributed by atoms with Gasteiger partial charge in [-0.15, -0.1) is 0 Å². The van der Waals surface area contributed by atoms with E-state index in [1.165, 1.54) is 10.6 Å². The first kappa shape index (κ1) is 24.9. The number of aromatic nitrogens is 3. The number of benzene rings is 2. The molecule has 2 aliphatic rings. The monoisotopic (exact) mass is 506 g/mol. The van der Waals surface area contributed by atoms with Crippen LogP contribution in [0.25, 0.3) is 17.1 Å². The molecular formula is C27H34N6O4. The van der Waals surface area contributed by atoms with Gasteiger partial charge in [0.1, 0.15) is 11.5 Å². The highest BCUT2D eigenvalue weighted by atomic mass is 16.3. The van der Waals surface area contributed by atoms with Gasteiger partial charge >= 0.3 is 5.69 Å². The molecular weight excluding hydrogens is 472 g/mol. The fraction of sp³-hybridized carbons (Fsp3) is 0.444. The molecule has 0 atom stereocenters. The van der Waals surface area contributed by atoms with E-state index in [0.29, 0.717) is 29.9 Å². The first-order chi connectivity index (χ1) is 17.8. The van der Waals surface area contributed by atoms with Gasteiger partial charge in [-0.3, -0.25) is 4.79 Å². The Balaban J connectivity index is 1.33. The van der Waals surface area contributed by atoms with Crippen molar-refractivity contribution in [3.63, 3.8) is 0 Å². The molecule has 2 saturated heterocycles. The Labute approximate surface area is 215 Å². The lowest BCUT2D eigenvalue weighted by molar-refractivity contribution is -0.136. The molecule has 10 nitrogen and oxygen atoms in total. The van der Waals surface area contributed by atoms with E-state index in [2.05, 4.69) is 20.4 Å². The van der Waals surface area contributed by atoms with Crippen LogP contribution in [0.1, 0.15) is 38.2 Å². The third-order valence-electron chi connectivity index (χ3n) is 7.43. The zero-order valence-corrected chi connectivity index (χ0v) is 21.3. The van der Waals surface area contributed by atoms with Crippen LogP contribution >= 0.6 is 0 Å². The molecule has 0 aliphatic carbocycles. The van der Waals surface area contributed by atoms with Crippen LogP contribution in [-0.4, -0.2) is 75.1 Å². The lowest BCUT2D eigenvalue weighted by Gasteiger charge is -2.38. The largest absolute Gasteiger partial charge is 0.508 e. The number of amides is 1. The number of phenolic OH excluding ortho intramolecular Hbond substituents is 2. The van der Waals surface area contributed by atoms with Crippen LogP contribution in [-0.2, 0) is 4.79 Å². The predicted molar refractivity (Wildman–Crippen MR) is 141 cm³/mol. The first-order valence-electron chi connectivity index (χ1n) is 12.9. The van der Waals surface area contributed by atoms with E-state index in [4.69, 9.17) is 0 Å². The van der Waals surface area contributed by atoms with E-state index in [0.717, 1.165) is 44.7 Å². The number of H-pyrrole nitrogens is 1. The summed E-state index contributed by atoms with van der Waals surface area (Å²) in [6.07, 6.45) is 1.83. The molecule has 1 amide bonds. The number of anilines is 1. The number of carbonyl (C=O) groups is 1. The summed E-state index contributed by atoms with van der Waals surface area (Å²) in [4.78, 5) is 29.8. The molecule has 0 unspecified atom stereocenters. The maximum Gasteiger partial charge on any atom is 0.348 e. The Morgan fingerprint density at radius 2 is 1.62 bits per heavy atom. The molecule has 3 aromatic rings. The second-order valence-corrected chi connectivity index (χ2v) is 10.1. The molecule has 2 aromatic carbocycles. The Morgan fingerprint density at radius 1 is 0.973 bits per heavy atom. The highest BCUT2D eigenvalue weighted by molar-refractivity contribution is 5.79. The number of phenols is 2. The number of nitrogens with one attached hydrogen (secondary N) is 2. The molecule has 10 heteroatoms. The molecule has 3 heterocycles. The summed E-state index contributed by atoms with van der Waals surface area (Å²) in [6, 6.07) is 10.6. The first-order valence-corrected chi connectivity index (χ1v) is 12.9. The smallest absolute Gasteiger partial charge is 0.348 e. The van der Waals surface area contributed by atoms with Crippen LogP contribution in [0.4, 0.5) is 5.69 Å². The fourth-order valence-corrected chi connectivity index (χ4v) is 5.28. The standard InChI is InChI=1S/C27H34N6O4/c1-17(2)21-15-22(24(35)16-23(21)34)25-29-30-27(37)33(25)20-5-3-19(4-6-20)31-11-13-32(14-12-31)26(36)18-7-9-28-10-8-18/h3-6,15-18,28,34-35H,7-14H2,1-2H3,(H,30,37). The minimum atomic E-state index is -0.425. The van der Waals surface area contributed by atoms with Gasteiger partial charge in [0.15, 0.2) is 5.82 Å². The average molecular weight is 507 g/mol. The molecule has 0 spiro atoms. The normalized spacial score (nSPS) is 16.9. The Hall–Kier alpha value is -3.79. The number of piperazine rings is 1. The van der Waals surface area contributed by atoms with E-state index in [-0.39, 0.29) is 35.1 Å². The molecule has 0 bridgehead atoms. The van der Waals surface area contributed by atoms with Gasteiger partial charge in [0, 0.05) is 43.9 Å². The van der Waals surface area contributed by atoms with Crippen LogP contribution in [0.15, 0.2) is 41.2 Å². The van der Waals surface area contributed by atoms with Crippen LogP contribution < -0.4 is 15.9 Å². The van der Waals surface area contributed by atoms with E-state index in [1.807, 2.05) is 43.0 Å². The minimum absolute atomic E-state index is 0.00239. The summed E-state index contributed by atoms with van der Waals surface area (Å²) in [7, 11) is 0. The number of aromatic hydroxyl groups is 2. The Kier molecular flexibility index (Phi) is 6.92. The van der Waals surface area contributed by atoms with Crippen molar-refractivity contribution in [3.05, 3.63) is 52.4 Å². The van der Waals surface area contributed by atoms with Crippen molar-refractivity contribution in [2.24, 2.45) is 5.92 Å². The van der Waals surface area contributed by atoms with Crippen molar-refractivity contribution < 1.29 is 15.0 Å². The van der Waals surface area contributed by atoms with Gasteiger partial charge in [-0.25, -0.2) is 14.5 Å². The average Bonchev–Trinajstić information content (AvgIpc) is 3.29. The second-order valence-electron chi connectivity index (χ2n) is 10.1. The summed E-state index contributed by atoms with van der Waals surface area (Å²) >= 11 is 0. The highest BCUT2D eigenvalue weighted by Crippen LogP contribution is 2.37. The number of hydrogen-bond acceptors (Lipinski definition) is 7. The molecule has 0 radical (unpaired) electrons. The van der Waals surface area contributed by atoms with Gasteiger partial charge in [0.25, 0.3) is 0 Å². The molecule has 37 heavy (non-hydrogen) atoms. The van der Waals surface area contributed by atoms with E-state index in [9.17, 15) is 19.8 Å². The summed E-state index contributed by atoms with van der Waals surface area (Å²) in [5, 5.41) is 30.7. The molecule has 2 aliphatic heterocycles. The van der Waals surface area contributed by atoms with Gasteiger partial charge in [-0.05, 0) is 67.7 Å². The van der Waals surface area contributed by atoms with E-state index >= 15 is 0 Å².